The van der Waals surface area contributed by atoms with Gasteiger partial charge in [0.1, 0.15) is 16.3 Å². The summed E-state index contributed by atoms with van der Waals surface area (Å²) in [5, 5.41) is 8.91. The number of aliphatic hydroxyl groups excluding tert-OH is 1. The molecule has 2 rings (SSSR count). The van der Waals surface area contributed by atoms with E-state index in [-0.39, 0.29) is 6.61 Å². The summed E-state index contributed by atoms with van der Waals surface area (Å²) in [4.78, 5) is 10.8. The van der Waals surface area contributed by atoms with Crippen molar-refractivity contribution in [2.24, 2.45) is 0 Å². The summed E-state index contributed by atoms with van der Waals surface area (Å²) in [5.41, 5.74) is 0. The maximum absolute atomic E-state index is 10.8. The Morgan fingerprint density at radius 2 is 2.36 bits per heavy atom. The highest BCUT2D eigenvalue weighted by molar-refractivity contribution is 9.06. The molecule has 2 aliphatic rings. The second kappa shape index (κ2) is 4.01. The molecule has 0 spiro atoms. The van der Waals surface area contributed by atoms with E-state index >= 15 is 0 Å². The molecule has 0 bridgehead atoms. The fourth-order valence-electron chi connectivity index (χ4n) is 1.59. The number of hydrogen-bond donors (Lipinski definition) is 1. The summed E-state index contributed by atoms with van der Waals surface area (Å²) < 4.78 is 19.8. The molecule has 0 aromatic carbocycles. The first-order valence-corrected chi connectivity index (χ1v) is 4.80. The maximum atomic E-state index is 10.8. The number of halogens is 1. The van der Waals surface area contributed by atoms with Crippen molar-refractivity contribution in [3.8, 4) is 0 Å². The van der Waals surface area contributed by atoms with Gasteiger partial charge in [-0.15, -0.1) is 0 Å². The van der Waals surface area contributed by atoms with Gasteiger partial charge in [0.15, 0.2) is 12.2 Å². The van der Waals surface area contributed by atoms with Gasteiger partial charge < -0.3 is 19.3 Å². The first-order chi connectivity index (χ1) is 6.74. The Kier molecular flexibility index (Phi) is 2.91. The van der Waals surface area contributed by atoms with Gasteiger partial charge in [-0.25, -0.2) is 4.79 Å². The molecule has 2 saturated heterocycles. The Balaban J connectivity index is 2.07. The van der Waals surface area contributed by atoms with Gasteiger partial charge in [-0.3, -0.25) is 3.83 Å². The average molecular weight is 269 g/mol. The number of aliphatic hydroxyl groups is 1. The van der Waals surface area contributed by atoms with Crippen LogP contribution in [-0.2, 0) is 18.0 Å². The van der Waals surface area contributed by atoms with Crippen molar-refractivity contribution in [1.82, 2.24) is 0 Å². The monoisotopic (exact) mass is 268 g/mol. The molecular formula is C7H9BrO6. The summed E-state index contributed by atoms with van der Waals surface area (Å²) in [6, 6.07) is 0. The Bertz CT molecular complexity index is 234. The molecule has 80 valence electrons. The zero-order valence-corrected chi connectivity index (χ0v) is 8.68. The van der Waals surface area contributed by atoms with Gasteiger partial charge in [0, 0.05) is 6.42 Å². The van der Waals surface area contributed by atoms with Crippen LogP contribution < -0.4 is 0 Å². The standard InChI is InChI=1S/C7H9BrO6/c8-14-6-5-4(12-7(10)13-5)1-3(2-9)11-6/h3-6,9H,1-2H2/t3-,4+,5+,6?/m0/s1. The number of rotatable bonds is 2. The van der Waals surface area contributed by atoms with Crippen molar-refractivity contribution >= 4 is 22.4 Å². The third kappa shape index (κ3) is 1.72. The van der Waals surface area contributed by atoms with E-state index in [2.05, 4.69) is 16.3 Å². The van der Waals surface area contributed by atoms with Crippen LogP contribution in [-0.4, -0.2) is 42.5 Å². The molecule has 2 fully saturated rings. The second-order valence-corrected chi connectivity index (χ2v) is 3.50. The van der Waals surface area contributed by atoms with Crippen molar-refractivity contribution in [3.05, 3.63) is 0 Å². The van der Waals surface area contributed by atoms with Gasteiger partial charge in [0.2, 0.25) is 6.29 Å². The van der Waals surface area contributed by atoms with E-state index in [0.717, 1.165) is 0 Å². The molecular weight excluding hydrogens is 260 g/mol. The maximum Gasteiger partial charge on any atom is 0.509 e. The minimum atomic E-state index is -0.739. The quantitative estimate of drug-likeness (QED) is 0.728. The highest BCUT2D eigenvalue weighted by Crippen LogP contribution is 2.31. The third-order valence-corrected chi connectivity index (χ3v) is 2.60. The summed E-state index contributed by atoms with van der Waals surface area (Å²) in [7, 11) is 0. The van der Waals surface area contributed by atoms with Gasteiger partial charge in [0.05, 0.1) is 12.7 Å². The molecule has 14 heavy (non-hydrogen) atoms. The lowest BCUT2D eigenvalue weighted by molar-refractivity contribution is -0.205. The van der Waals surface area contributed by atoms with Crippen LogP contribution in [0.3, 0.4) is 0 Å². The first kappa shape index (κ1) is 10.2. The van der Waals surface area contributed by atoms with Crippen LogP contribution in [0.4, 0.5) is 4.79 Å². The topological polar surface area (TPSA) is 74.2 Å². The molecule has 2 aliphatic heterocycles. The van der Waals surface area contributed by atoms with E-state index < -0.39 is 30.8 Å². The largest absolute Gasteiger partial charge is 0.509 e. The van der Waals surface area contributed by atoms with Crippen LogP contribution in [0.15, 0.2) is 0 Å². The van der Waals surface area contributed by atoms with Crippen molar-refractivity contribution in [3.63, 3.8) is 0 Å². The van der Waals surface area contributed by atoms with E-state index in [4.69, 9.17) is 23.1 Å². The average Bonchev–Trinajstić information content (AvgIpc) is 2.56. The lowest BCUT2D eigenvalue weighted by Gasteiger charge is -2.32. The fraction of sp³-hybridized carbons (Fsp3) is 0.857. The highest BCUT2D eigenvalue weighted by Gasteiger charge is 2.48. The smallest absolute Gasteiger partial charge is 0.427 e. The van der Waals surface area contributed by atoms with E-state index in [1.165, 1.54) is 0 Å². The molecule has 0 aromatic heterocycles. The number of fused-ring (bicyclic) bond motifs is 1. The van der Waals surface area contributed by atoms with Crippen LogP contribution in [0.1, 0.15) is 6.42 Å². The van der Waals surface area contributed by atoms with Gasteiger partial charge in [-0.2, -0.15) is 0 Å². The summed E-state index contributed by atoms with van der Waals surface area (Å²) in [6.07, 6.45) is -2.41. The minimum absolute atomic E-state index is 0.145. The zero-order valence-electron chi connectivity index (χ0n) is 7.09. The van der Waals surface area contributed by atoms with E-state index in [1.807, 2.05) is 0 Å². The van der Waals surface area contributed by atoms with Crippen LogP contribution in [0, 0.1) is 0 Å². The number of ether oxygens (including phenoxy) is 3. The molecule has 0 aliphatic carbocycles. The van der Waals surface area contributed by atoms with Crippen molar-refractivity contribution < 1.29 is 27.9 Å². The van der Waals surface area contributed by atoms with Crippen LogP contribution >= 0.6 is 16.3 Å². The Labute approximate surface area is 88.5 Å². The summed E-state index contributed by atoms with van der Waals surface area (Å²) >= 11 is 2.77. The molecule has 6 nitrogen and oxygen atoms in total. The van der Waals surface area contributed by atoms with Gasteiger partial charge >= 0.3 is 6.16 Å². The molecule has 1 N–H and O–H groups in total. The van der Waals surface area contributed by atoms with E-state index in [9.17, 15) is 4.79 Å². The molecule has 0 radical (unpaired) electrons. The van der Waals surface area contributed by atoms with Crippen molar-refractivity contribution in [2.45, 2.75) is 31.0 Å². The van der Waals surface area contributed by atoms with E-state index in [0.29, 0.717) is 6.42 Å². The Morgan fingerprint density at radius 1 is 1.57 bits per heavy atom. The Morgan fingerprint density at radius 3 is 3.00 bits per heavy atom. The van der Waals surface area contributed by atoms with Gasteiger partial charge in [-0.05, 0) is 0 Å². The minimum Gasteiger partial charge on any atom is -0.427 e. The lowest BCUT2D eigenvalue weighted by Crippen LogP contribution is -2.47. The van der Waals surface area contributed by atoms with Crippen LogP contribution in [0.2, 0.25) is 0 Å². The SMILES string of the molecule is O=C1O[C@@H]2C[C@@H](CO)OC(OBr)[C@@H]2O1. The lowest BCUT2D eigenvalue weighted by atomic mass is 10.0. The molecule has 0 aromatic rings. The zero-order chi connectivity index (χ0) is 10.1. The number of carbonyl (C=O) groups is 1. The van der Waals surface area contributed by atoms with Crippen molar-refractivity contribution in [2.75, 3.05) is 6.61 Å². The molecule has 0 amide bonds. The van der Waals surface area contributed by atoms with Gasteiger partial charge in [-0.1, -0.05) is 0 Å². The van der Waals surface area contributed by atoms with E-state index in [1.54, 1.807) is 0 Å². The Hall–Kier alpha value is -0.370. The molecule has 2 heterocycles. The van der Waals surface area contributed by atoms with Crippen molar-refractivity contribution in [1.29, 1.82) is 0 Å². The fourth-order valence-corrected chi connectivity index (χ4v) is 1.89. The molecule has 4 atom stereocenters. The highest BCUT2D eigenvalue weighted by atomic mass is 79.9. The predicted octanol–water partition coefficient (Wildman–Crippen LogP) is 0.324. The second-order valence-electron chi connectivity index (χ2n) is 3.12. The summed E-state index contributed by atoms with van der Waals surface area (Å²) in [6.45, 7) is -0.145. The number of hydrogen-bond acceptors (Lipinski definition) is 6. The summed E-state index contributed by atoms with van der Waals surface area (Å²) in [5.74, 6) is 0. The predicted molar refractivity (Wildman–Crippen MR) is 45.5 cm³/mol. The third-order valence-electron chi connectivity index (χ3n) is 2.23. The number of carbonyl (C=O) groups excluding carboxylic acids is 1. The molecule has 7 heteroatoms. The molecule has 0 saturated carbocycles. The molecule has 1 unspecified atom stereocenters. The van der Waals surface area contributed by atoms with Crippen LogP contribution in [0.25, 0.3) is 0 Å². The van der Waals surface area contributed by atoms with Crippen LogP contribution in [0.5, 0.6) is 0 Å². The van der Waals surface area contributed by atoms with Gasteiger partial charge in [0.25, 0.3) is 0 Å². The first-order valence-electron chi connectivity index (χ1n) is 4.15. The normalized spacial score (nSPS) is 41.4.